The minimum absolute atomic E-state index is 0.163. The average molecular weight is 236 g/mol. The molecule has 4 nitrogen and oxygen atoms in total. The van der Waals surface area contributed by atoms with Crippen LogP contribution in [-0.2, 0) is 0 Å². The molecule has 1 aliphatic rings. The number of benzene rings is 1. The average Bonchev–Trinajstić information content (AvgIpc) is 2.70. The highest BCUT2D eigenvalue weighted by molar-refractivity contribution is 5.55. The highest BCUT2D eigenvalue weighted by Gasteiger charge is 2.13. The van der Waals surface area contributed by atoms with E-state index >= 15 is 0 Å². The van der Waals surface area contributed by atoms with Crippen LogP contribution in [0.3, 0.4) is 0 Å². The molecule has 1 heterocycles. The molecule has 1 aromatic carbocycles. The number of rotatable bonds is 4. The maximum atomic E-state index is 5.32. The maximum absolute atomic E-state index is 5.32. The van der Waals surface area contributed by atoms with Crippen molar-refractivity contribution in [3.63, 3.8) is 0 Å². The summed E-state index contributed by atoms with van der Waals surface area (Å²) in [4.78, 5) is 0. The van der Waals surface area contributed by atoms with Crippen LogP contribution in [0, 0.1) is 0 Å². The van der Waals surface area contributed by atoms with E-state index in [-0.39, 0.29) is 5.54 Å². The van der Waals surface area contributed by atoms with Crippen molar-refractivity contribution in [2.45, 2.75) is 26.3 Å². The summed E-state index contributed by atoms with van der Waals surface area (Å²) in [5, 5.41) is 6.77. The SMILES string of the molecule is CC(C)(C)NCCNc1ccc2c(c1)OCO2. The standard InChI is InChI=1S/C13H20N2O2/c1-13(2,3)15-7-6-14-10-4-5-11-12(8-10)17-9-16-11/h4-5,8,14-15H,6-7,9H2,1-3H3. The fourth-order valence-corrected chi connectivity index (χ4v) is 1.65. The number of hydrogen-bond donors (Lipinski definition) is 2. The Kier molecular flexibility index (Phi) is 3.43. The number of nitrogens with one attached hydrogen (secondary N) is 2. The fourth-order valence-electron chi connectivity index (χ4n) is 1.65. The summed E-state index contributed by atoms with van der Waals surface area (Å²) in [6.07, 6.45) is 0. The highest BCUT2D eigenvalue weighted by Crippen LogP contribution is 2.33. The monoisotopic (exact) mass is 236 g/mol. The zero-order chi connectivity index (χ0) is 12.3. The van der Waals surface area contributed by atoms with E-state index in [0.29, 0.717) is 6.79 Å². The van der Waals surface area contributed by atoms with Crippen LogP contribution >= 0.6 is 0 Å². The van der Waals surface area contributed by atoms with Crippen LogP contribution in [0.5, 0.6) is 11.5 Å². The molecule has 1 aliphatic heterocycles. The van der Waals surface area contributed by atoms with Crippen LogP contribution in [-0.4, -0.2) is 25.4 Å². The van der Waals surface area contributed by atoms with Crippen molar-refractivity contribution < 1.29 is 9.47 Å². The van der Waals surface area contributed by atoms with E-state index in [1.165, 1.54) is 0 Å². The molecule has 94 valence electrons. The smallest absolute Gasteiger partial charge is 0.231 e. The second-order valence-corrected chi connectivity index (χ2v) is 5.17. The third-order valence-electron chi connectivity index (χ3n) is 2.48. The van der Waals surface area contributed by atoms with E-state index in [1.807, 2.05) is 18.2 Å². The summed E-state index contributed by atoms with van der Waals surface area (Å²) in [5.41, 5.74) is 1.22. The lowest BCUT2D eigenvalue weighted by Gasteiger charge is -2.20. The summed E-state index contributed by atoms with van der Waals surface area (Å²) >= 11 is 0. The van der Waals surface area contributed by atoms with Gasteiger partial charge in [-0.05, 0) is 32.9 Å². The van der Waals surface area contributed by atoms with Crippen molar-refractivity contribution in [3.05, 3.63) is 18.2 Å². The normalized spacial score (nSPS) is 13.8. The van der Waals surface area contributed by atoms with Gasteiger partial charge in [0.1, 0.15) is 0 Å². The van der Waals surface area contributed by atoms with E-state index in [1.54, 1.807) is 0 Å². The molecule has 0 bridgehead atoms. The van der Waals surface area contributed by atoms with Crippen LogP contribution in [0.4, 0.5) is 5.69 Å². The Morgan fingerprint density at radius 3 is 2.65 bits per heavy atom. The first kappa shape index (κ1) is 12.0. The first-order valence-corrected chi connectivity index (χ1v) is 5.93. The van der Waals surface area contributed by atoms with E-state index in [9.17, 15) is 0 Å². The summed E-state index contributed by atoms with van der Waals surface area (Å²) in [6.45, 7) is 8.62. The molecule has 4 heteroatoms. The van der Waals surface area contributed by atoms with Crippen molar-refractivity contribution in [3.8, 4) is 11.5 Å². The Balaban J connectivity index is 1.80. The van der Waals surface area contributed by atoms with Crippen molar-refractivity contribution in [2.24, 2.45) is 0 Å². The summed E-state index contributed by atoms with van der Waals surface area (Å²) < 4.78 is 10.6. The van der Waals surface area contributed by atoms with Gasteiger partial charge in [-0.3, -0.25) is 0 Å². The Morgan fingerprint density at radius 2 is 1.88 bits per heavy atom. The van der Waals surface area contributed by atoms with Gasteiger partial charge >= 0.3 is 0 Å². The molecule has 17 heavy (non-hydrogen) atoms. The first-order valence-electron chi connectivity index (χ1n) is 5.93. The van der Waals surface area contributed by atoms with Gasteiger partial charge in [0.15, 0.2) is 11.5 Å². The molecule has 0 spiro atoms. The van der Waals surface area contributed by atoms with Crippen molar-refractivity contribution in [1.82, 2.24) is 5.32 Å². The van der Waals surface area contributed by atoms with Crippen LogP contribution in [0.15, 0.2) is 18.2 Å². The predicted octanol–water partition coefficient (Wildman–Crippen LogP) is 2.22. The van der Waals surface area contributed by atoms with E-state index < -0.39 is 0 Å². The third-order valence-corrected chi connectivity index (χ3v) is 2.48. The molecule has 0 fully saturated rings. The lowest BCUT2D eigenvalue weighted by atomic mass is 10.1. The van der Waals surface area contributed by atoms with Gasteiger partial charge in [-0.2, -0.15) is 0 Å². The molecule has 0 aliphatic carbocycles. The molecule has 1 aromatic rings. The lowest BCUT2D eigenvalue weighted by Crippen LogP contribution is -2.38. The van der Waals surface area contributed by atoms with Crippen molar-refractivity contribution in [2.75, 3.05) is 25.2 Å². The van der Waals surface area contributed by atoms with Gasteiger partial charge in [-0.25, -0.2) is 0 Å². The van der Waals surface area contributed by atoms with Gasteiger partial charge in [-0.1, -0.05) is 0 Å². The van der Waals surface area contributed by atoms with Gasteiger partial charge in [-0.15, -0.1) is 0 Å². The van der Waals surface area contributed by atoms with Crippen LogP contribution in [0.2, 0.25) is 0 Å². The van der Waals surface area contributed by atoms with E-state index in [2.05, 4.69) is 31.4 Å². The minimum atomic E-state index is 0.163. The Morgan fingerprint density at radius 1 is 1.12 bits per heavy atom. The second-order valence-electron chi connectivity index (χ2n) is 5.17. The van der Waals surface area contributed by atoms with E-state index in [0.717, 1.165) is 30.3 Å². The van der Waals surface area contributed by atoms with E-state index in [4.69, 9.17) is 9.47 Å². The number of hydrogen-bond acceptors (Lipinski definition) is 4. The molecule has 0 aromatic heterocycles. The van der Waals surface area contributed by atoms with Gasteiger partial charge < -0.3 is 20.1 Å². The largest absolute Gasteiger partial charge is 0.454 e. The molecule has 0 amide bonds. The zero-order valence-corrected chi connectivity index (χ0v) is 10.7. The Hall–Kier alpha value is -1.42. The van der Waals surface area contributed by atoms with Gasteiger partial charge in [0.05, 0.1) is 0 Å². The van der Waals surface area contributed by atoms with Gasteiger partial charge in [0.2, 0.25) is 6.79 Å². The summed E-state index contributed by atoms with van der Waals surface area (Å²) in [7, 11) is 0. The first-order chi connectivity index (χ1) is 8.04. The molecule has 0 atom stereocenters. The van der Waals surface area contributed by atoms with Crippen molar-refractivity contribution >= 4 is 5.69 Å². The van der Waals surface area contributed by atoms with Crippen LogP contribution in [0.25, 0.3) is 0 Å². The summed E-state index contributed by atoms with van der Waals surface area (Å²) in [5.74, 6) is 1.64. The van der Waals surface area contributed by atoms with Crippen molar-refractivity contribution in [1.29, 1.82) is 0 Å². The highest BCUT2D eigenvalue weighted by atomic mass is 16.7. The molecule has 2 N–H and O–H groups in total. The van der Waals surface area contributed by atoms with Gasteiger partial charge in [0, 0.05) is 30.4 Å². The Bertz CT molecular complexity index is 385. The second kappa shape index (κ2) is 4.84. The topological polar surface area (TPSA) is 42.5 Å². The number of ether oxygens (including phenoxy) is 2. The Labute approximate surface area is 102 Å². The summed E-state index contributed by atoms with van der Waals surface area (Å²) in [6, 6.07) is 5.91. The van der Waals surface area contributed by atoms with Gasteiger partial charge in [0.25, 0.3) is 0 Å². The molecular formula is C13H20N2O2. The predicted molar refractivity (Wildman–Crippen MR) is 68.8 cm³/mol. The fraction of sp³-hybridized carbons (Fsp3) is 0.538. The number of fused-ring (bicyclic) bond motifs is 1. The molecule has 2 rings (SSSR count). The zero-order valence-electron chi connectivity index (χ0n) is 10.7. The lowest BCUT2D eigenvalue weighted by molar-refractivity contribution is 0.174. The molecule has 0 saturated heterocycles. The molecule has 0 unspecified atom stereocenters. The van der Waals surface area contributed by atoms with Crippen LogP contribution < -0.4 is 20.1 Å². The maximum Gasteiger partial charge on any atom is 0.231 e. The minimum Gasteiger partial charge on any atom is -0.454 e. The molecular weight excluding hydrogens is 216 g/mol. The molecule has 0 radical (unpaired) electrons. The van der Waals surface area contributed by atoms with Crippen LogP contribution in [0.1, 0.15) is 20.8 Å². The molecule has 0 saturated carbocycles. The number of anilines is 1. The quantitative estimate of drug-likeness (QED) is 0.787. The third kappa shape index (κ3) is 3.53.